The summed E-state index contributed by atoms with van der Waals surface area (Å²) in [5.41, 5.74) is 6.56. The number of nitrogens with zero attached hydrogens (tertiary/aromatic N) is 2. The molecule has 0 aliphatic rings. The van der Waals surface area contributed by atoms with Crippen LogP contribution in [0, 0.1) is 6.92 Å². The summed E-state index contributed by atoms with van der Waals surface area (Å²) in [4.78, 5) is 10.6. The van der Waals surface area contributed by atoms with E-state index in [1.54, 1.807) is 0 Å². The number of imidazole rings is 1. The molecule has 0 saturated heterocycles. The fourth-order valence-electron chi connectivity index (χ4n) is 3.34. The molecule has 146 valence electrons. The Balaban J connectivity index is 1.88. The zero-order valence-electron chi connectivity index (χ0n) is 17.1. The van der Waals surface area contributed by atoms with E-state index >= 15 is 0 Å². The second-order valence-corrected chi connectivity index (χ2v) is 7.17. The zero-order chi connectivity index (χ0) is 20.2. The maximum absolute atomic E-state index is 4.89. The van der Waals surface area contributed by atoms with E-state index < -0.39 is 0 Å². The maximum Gasteiger partial charge on any atom is 0.214 e. The summed E-state index contributed by atoms with van der Waals surface area (Å²) >= 11 is 0. The molecular formula is C25H26N4. The summed E-state index contributed by atoms with van der Waals surface area (Å²) in [7, 11) is 0. The maximum atomic E-state index is 4.89. The highest BCUT2D eigenvalue weighted by atomic mass is 15.3. The Labute approximate surface area is 171 Å². The number of para-hydroxylation sites is 4. The van der Waals surface area contributed by atoms with Gasteiger partial charge in [0.05, 0.1) is 16.7 Å². The van der Waals surface area contributed by atoms with Crippen LogP contribution in [-0.4, -0.2) is 9.97 Å². The van der Waals surface area contributed by atoms with Crippen molar-refractivity contribution in [3.63, 3.8) is 0 Å². The number of hydrogen-bond acceptors (Lipinski definition) is 3. The number of fused-ring (bicyclic) bond motifs is 1. The van der Waals surface area contributed by atoms with Crippen LogP contribution >= 0.6 is 0 Å². The Hall–Kier alpha value is -3.53. The summed E-state index contributed by atoms with van der Waals surface area (Å²) < 4.78 is 0. The Bertz CT molecular complexity index is 1110. The van der Waals surface area contributed by atoms with E-state index in [0.717, 1.165) is 40.6 Å². The van der Waals surface area contributed by atoms with Crippen molar-refractivity contribution in [1.82, 2.24) is 9.97 Å². The molecule has 3 aromatic carbocycles. The number of anilines is 3. The lowest BCUT2D eigenvalue weighted by molar-refractivity contribution is 0.990. The fraction of sp³-hybridized carbons (Fsp3) is 0.160. The van der Waals surface area contributed by atoms with Gasteiger partial charge >= 0.3 is 0 Å². The van der Waals surface area contributed by atoms with Gasteiger partial charge in [0.25, 0.3) is 0 Å². The van der Waals surface area contributed by atoms with Crippen LogP contribution in [0.25, 0.3) is 11.0 Å². The first-order chi connectivity index (χ1) is 14.2. The van der Waals surface area contributed by atoms with Crippen LogP contribution in [0.15, 0.2) is 90.3 Å². The van der Waals surface area contributed by atoms with Crippen LogP contribution in [-0.2, 0) is 0 Å². The molecule has 4 aromatic rings. The summed E-state index contributed by atoms with van der Waals surface area (Å²) in [5.74, 6) is 1.81. The van der Waals surface area contributed by atoms with E-state index in [1.165, 1.54) is 11.1 Å². The van der Waals surface area contributed by atoms with Crippen LogP contribution in [0.1, 0.15) is 25.8 Å². The fourth-order valence-corrected chi connectivity index (χ4v) is 3.34. The number of aromatic amines is 1. The molecule has 4 nitrogen and oxygen atoms in total. The minimum atomic E-state index is 0.793. The minimum absolute atomic E-state index is 0.793. The third kappa shape index (κ3) is 3.87. The molecule has 0 saturated carbocycles. The van der Waals surface area contributed by atoms with Crippen molar-refractivity contribution in [2.24, 2.45) is 0 Å². The van der Waals surface area contributed by atoms with E-state index in [1.807, 2.05) is 24.3 Å². The predicted molar refractivity (Wildman–Crippen MR) is 122 cm³/mol. The van der Waals surface area contributed by atoms with E-state index in [0.29, 0.717) is 0 Å². The second kappa shape index (κ2) is 8.23. The Kier molecular flexibility index (Phi) is 5.34. The van der Waals surface area contributed by atoms with Gasteiger partial charge in [-0.2, -0.15) is 0 Å². The predicted octanol–water partition coefficient (Wildman–Crippen LogP) is 6.76. The van der Waals surface area contributed by atoms with Gasteiger partial charge in [0, 0.05) is 5.69 Å². The number of allylic oxidation sites excluding steroid dienone is 1. The second-order valence-electron chi connectivity index (χ2n) is 7.17. The van der Waals surface area contributed by atoms with Gasteiger partial charge in [0.2, 0.25) is 5.95 Å². The van der Waals surface area contributed by atoms with Gasteiger partial charge in [-0.3, -0.25) is 4.90 Å². The quantitative estimate of drug-likeness (QED) is 0.387. The molecular weight excluding hydrogens is 356 g/mol. The molecule has 0 radical (unpaired) electrons. The Morgan fingerprint density at radius 2 is 1.62 bits per heavy atom. The van der Waals surface area contributed by atoms with Gasteiger partial charge in [0.15, 0.2) is 0 Å². The Morgan fingerprint density at radius 1 is 0.931 bits per heavy atom. The zero-order valence-corrected chi connectivity index (χ0v) is 17.1. The van der Waals surface area contributed by atoms with E-state index in [4.69, 9.17) is 4.98 Å². The summed E-state index contributed by atoms with van der Waals surface area (Å²) in [6.45, 7) is 6.46. The number of benzene rings is 3. The molecule has 0 unspecified atom stereocenters. The molecule has 4 heteroatoms. The van der Waals surface area contributed by atoms with Crippen molar-refractivity contribution < 1.29 is 0 Å². The van der Waals surface area contributed by atoms with Crippen LogP contribution in [0.4, 0.5) is 17.3 Å². The van der Waals surface area contributed by atoms with Crippen molar-refractivity contribution in [2.75, 3.05) is 10.2 Å². The average Bonchev–Trinajstić information content (AvgIpc) is 3.18. The Morgan fingerprint density at radius 3 is 2.34 bits per heavy atom. The topological polar surface area (TPSA) is 44.0 Å². The number of aromatic nitrogens is 2. The van der Waals surface area contributed by atoms with Crippen molar-refractivity contribution in [2.45, 2.75) is 27.2 Å². The third-order valence-electron chi connectivity index (χ3n) is 5.16. The highest BCUT2D eigenvalue weighted by Gasteiger charge is 2.20. The molecule has 1 heterocycles. The van der Waals surface area contributed by atoms with Gasteiger partial charge in [-0.15, -0.1) is 0 Å². The number of H-pyrrole nitrogens is 1. The van der Waals surface area contributed by atoms with Crippen LogP contribution in [0.2, 0.25) is 0 Å². The number of rotatable bonds is 6. The third-order valence-corrected chi connectivity index (χ3v) is 5.16. The molecule has 2 N–H and O–H groups in total. The van der Waals surface area contributed by atoms with Crippen molar-refractivity contribution in [3.05, 3.63) is 95.8 Å². The van der Waals surface area contributed by atoms with Crippen LogP contribution in [0.3, 0.4) is 0 Å². The number of aryl methyl sites for hydroxylation is 1. The lowest BCUT2D eigenvalue weighted by Crippen LogP contribution is -2.25. The van der Waals surface area contributed by atoms with E-state index in [-0.39, 0.29) is 0 Å². The lowest BCUT2D eigenvalue weighted by atomic mass is 10.1. The van der Waals surface area contributed by atoms with E-state index in [9.17, 15) is 0 Å². The molecule has 0 spiro atoms. The van der Waals surface area contributed by atoms with Gasteiger partial charge in [-0.1, -0.05) is 55.5 Å². The van der Waals surface area contributed by atoms with Crippen molar-refractivity contribution in [1.29, 1.82) is 0 Å². The first-order valence-corrected chi connectivity index (χ1v) is 9.99. The molecule has 0 fully saturated rings. The smallest absolute Gasteiger partial charge is 0.214 e. The molecule has 29 heavy (non-hydrogen) atoms. The van der Waals surface area contributed by atoms with Crippen LogP contribution in [0.5, 0.6) is 0 Å². The summed E-state index contributed by atoms with van der Waals surface area (Å²) in [5, 5.41) is 3.68. The minimum Gasteiger partial charge on any atom is -0.341 e. The van der Waals surface area contributed by atoms with E-state index in [2.05, 4.69) is 90.6 Å². The molecule has 0 bridgehead atoms. The van der Waals surface area contributed by atoms with Crippen molar-refractivity contribution in [3.8, 4) is 0 Å². The summed E-state index contributed by atoms with van der Waals surface area (Å²) in [6, 6.07) is 26.8. The van der Waals surface area contributed by atoms with Gasteiger partial charge < -0.3 is 10.3 Å². The average molecular weight is 383 g/mol. The van der Waals surface area contributed by atoms with Gasteiger partial charge in [0.1, 0.15) is 5.82 Å². The van der Waals surface area contributed by atoms with Crippen molar-refractivity contribution >= 4 is 28.4 Å². The largest absolute Gasteiger partial charge is 0.341 e. The monoisotopic (exact) mass is 382 g/mol. The highest BCUT2D eigenvalue weighted by Crippen LogP contribution is 2.32. The SMILES string of the molecule is CC/C(C)=C(/Nc1ccccc1C)N(c1ccccc1)c1nc2ccccc2[nH]1. The van der Waals surface area contributed by atoms with Crippen LogP contribution < -0.4 is 10.2 Å². The molecule has 0 aliphatic carbocycles. The highest BCUT2D eigenvalue weighted by molar-refractivity contribution is 5.80. The molecule has 0 atom stereocenters. The molecule has 0 amide bonds. The molecule has 4 rings (SSSR count). The number of hydrogen-bond donors (Lipinski definition) is 2. The normalized spacial score (nSPS) is 12.0. The standard InChI is InChI=1S/C25H26N4/c1-4-18(2)24(26-21-15-9-8-12-19(21)3)29(20-13-6-5-7-14-20)25-27-22-16-10-11-17-23(22)28-25/h5-17,26H,4H2,1-3H3,(H,27,28)/b24-18-. The molecule has 1 aromatic heterocycles. The first-order valence-electron chi connectivity index (χ1n) is 9.99. The summed E-state index contributed by atoms with van der Waals surface area (Å²) in [6.07, 6.45) is 0.928. The first kappa shape index (κ1) is 18.8. The molecule has 0 aliphatic heterocycles. The number of nitrogens with one attached hydrogen (secondary N) is 2. The van der Waals surface area contributed by atoms with Gasteiger partial charge in [-0.05, 0) is 61.7 Å². The van der Waals surface area contributed by atoms with Gasteiger partial charge in [-0.25, -0.2) is 4.98 Å². The lowest BCUT2D eigenvalue weighted by Gasteiger charge is -2.28.